The van der Waals surface area contributed by atoms with Gasteiger partial charge in [-0.2, -0.15) is 0 Å². The first-order valence-corrected chi connectivity index (χ1v) is 7.02. The van der Waals surface area contributed by atoms with Gasteiger partial charge in [-0.3, -0.25) is 14.7 Å². The Morgan fingerprint density at radius 2 is 2.00 bits per heavy atom. The summed E-state index contributed by atoms with van der Waals surface area (Å²) in [6.45, 7) is 4.10. The van der Waals surface area contributed by atoms with Gasteiger partial charge in [-0.15, -0.1) is 0 Å². The van der Waals surface area contributed by atoms with E-state index in [1.54, 1.807) is 6.20 Å². The number of aromatic nitrogens is 1. The molecule has 0 saturated carbocycles. The summed E-state index contributed by atoms with van der Waals surface area (Å²) in [5, 5.41) is 3.74. The normalized spacial score (nSPS) is 18.6. The molecule has 1 N–H and O–H groups in total. The Kier molecular flexibility index (Phi) is 3.33. The second-order valence-corrected chi connectivity index (χ2v) is 5.59. The molecule has 3 amide bonds. The molecule has 0 radical (unpaired) electrons. The molecular formula is C16H17N3O2. The first-order chi connectivity index (χ1) is 10.1. The van der Waals surface area contributed by atoms with Crippen LogP contribution in [0.4, 0.5) is 4.79 Å². The van der Waals surface area contributed by atoms with Crippen LogP contribution in [0.5, 0.6) is 0 Å². The minimum Gasteiger partial charge on any atom is -0.326 e. The fourth-order valence-corrected chi connectivity index (χ4v) is 2.61. The molecule has 0 bridgehead atoms. The second kappa shape index (κ2) is 5.16. The van der Waals surface area contributed by atoms with Gasteiger partial charge in [-0.05, 0) is 17.5 Å². The third kappa shape index (κ3) is 2.35. The molecule has 0 aliphatic carbocycles. The van der Waals surface area contributed by atoms with Gasteiger partial charge in [-0.1, -0.05) is 38.1 Å². The quantitative estimate of drug-likeness (QED) is 0.879. The van der Waals surface area contributed by atoms with Crippen molar-refractivity contribution in [1.29, 1.82) is 0 Å². The molecule has 5 heteroatoms. The fourth-order valence-electron chi connectivity index (χ4n) is 2.61. The van der Waals surface area contributed by atoms with Crippen molar-refractivity contribution in [2.75, 3.05) is 0 Å². The van der Waals surface area contributed by atoms with Crippen molar-refractivity contribution in [2.45, 2.75) is 26.4 Å². The number of pyridine rings is 1. The van der Waals surface area contributed by atoms with Gasteiger partial charge in [0, 0.05) is 11.6 Å². The maximum atomic E-state index is 12.3. The number of fused-ring (bicyclic) bond motifs is 1. The van der Waals surface area contributed by atoms with E-state index in [-0.39, 0.29) is 24.4 Å². The number of imide groups is 1. The zero-order valence-electron chi connectivity index (χ0n) is 12.0. The topological polar surface area (TPSA) is 62.3 Å². The SMILES string of the molecule is CC(C)C1NC(=O)N(Cc2cccc3cccnc23)C1=O. The lowest BCUT2D eigenvalue weighted by Gasteiger charge is -2.15. The van der Waals surface area contributed by atoms with Gasteiger partial charge < -0.3 is 5.32 Å². The number of amides is 3. The van der Waals surface area contributed by atoms with E-state index in [1.165, 1.54) is 4.90 Å². The van der Waals surface area contributed by atoms with Crippen LogP contribution in [0.1, 0.15) is 19.4 Å². The Hall–Kier alpha value is -2.43. The summed E-state index contributed by atoms with van der Waals surface area (Å²) in [6.07, 6.45) is 1.72. The molecule has 2 heterocycles. The van der Waals surface area contributed by atoms with E-state index >= 15 is 0 Å². The Labute approximate surface area is 123 Å². The summed E-state index contributed by atoms with van der Waals surface area (Å²) in [5.41, 5.74) is 1.70. The van der Waals surface area contributed by atoms with Crippen LogP contribution in [0, 0.1) is 5.92 Å². The predicted molar refractivity (Wildman–Crippen MR) is 79.5 cm³/mol. The Morgan fingerprint density at radius 3 is 2.71 bits per heavy atom. The number of benzene rings is 1. The van der Waals surface area contributed by atoms with Crippen LogP contribution in [0.15, 0.2) is 36.5 Å². The van der Waals surface area contributed by atoms with Gasteiger partial charge in [0.2, 0.25) is 0 Å². The molecule has 2 aromatic rings. The number of nitrogens with one attached hydrogen (secondary N) is 1. The summed E-state index contributed by atoms with van der Waals surface area (Å²) in [5.74, 6) is -0.0833. The highest BCUT2D eigenvalue weighted by Crippen LogP contribution is 2.21. The maximum absolute atomic E-state index is 12.3. The van der Waals surface area contributed by atoms with Crippen molar-refractivity contribution in [2.24, 2.45) is 5.92 Å². The highest BCUT2D eigenvalue weighted by atomic mass is 16.2. The van der Waals surface area contributed by atoms with E-state index < -0.39 is 6.04 Å². The Balaban J connectivity index is 1.92. The minimum atomic E-state index is -0.430. The van der Waals surface area contributed by atoms with Crippen molar-refractivity contribution in [3.8, 4) is 0 Å². The smallest absolute Gasteiger partial charge is 0.325 e. The molecule has 1 aliphatic rings. The average molecular weight is 283 g/mol. The van der Waals surface area contributed by atoms with Crippen molar-refractivity contribution < 1.29 is 9.59 Å². The molecule has 1 aromatic heterocycles. The van der Waals surface area contributed by atoms with Crippen LogP contribution >= 0.6 is 0 Å². The van der Waals surface area contributed by atoms with Crippen LogP contribution in [-0.4, -0.2) is 27.9 Å². The number of nitrogens with zero attached hydrogens (tertiary/aromatic N) is 2. The highest BCUT2D eigenvalue weighted by molar-refractivity contribution is 6.04. The minimum absolute atomic E-state index is 0.0806. The number of para-hydroxylation sites is 1. The number of hydrogen-bond donors (Lipinski definition) is 1. The monoisotopic (exact) mass is 283 g/mol. The van der Waals surface area contributed by atoms with Crippen molar-refractivity contribution >= 4 is 22.8 Å². The molecule has 1 saturated heterocycles. The lowest BCUT2D eigenvalue weighted by molar-refractivity contribution is -0.128. The average Bonchev–Trinajstić information content (AvgIpc) is 2.76. The predicted octanol–water partition coefficient (Wildman–Crippen LogP) is 2.31. The molecule has 21 heavy (non-hydrogen) atoms. The Morgan fingerprint density at radius 1 is 1.24 bits per heavy atom. The van der Waals surface area contributed by atoms with Gasteiger partial charge in [0.15, 0.2) is 0 Å². The molecule has 1 fully saturated rings. The van der Waals surface area contributed by atoms with Crippen LogP contribution < -0.4 is 5.32 Å². The number of rotatable bonds is 3. The van der Waals surface area contributed by atoms with E-state index in [4.69, 9.17) is 0 Å². The molecule has 3 rings (SSSR count). The highest BCUT2D eigenvalue weighted by Gasteiger charge is 2.39. The first kappa shape index (κ1) is 13.5. The molecule has 108 valence electrons. The summed E-state index contributed by atoms with van der Waals surface area (Å²) in [7, 11) is 0. The number of carbonyl (C=O) groups is 2. The molecule has 0 spiro atoms. The number of hydrogen-bond acceptors (Lipinski definition) is 3. The molecule has 1 aliphatic heterocycles. The van der Waals surface area contributed by atoms with Gasteiger partial charge in [-0.25, -0.2) is 4.79 Å². The van der Waals surface area contributed by atoms with E-state index in [0.29, 0.717) is 0 Å². The zero-order chi connectivity index (χ0) is 15.0. The number of urea groups is 1. The van der Waals surface area contributed by atoms with E-state index in [2.05, 4.69) is 10.3 Å². The van der Waals surface area contributed by atoms with Gasteiger partial charge in [0.1, 0.15) is 6.04 Å². The van der Waals surface area contributed by atoms with Crippen LogP contribution in [0.25, 0.3) is 10.9 Å². The summed E-state index contributed by atoms with van der Waals surface area (Å²) < 4.78 is 0. The van der Waals surface area contributed by atoms with Crippen LogP contribution in [-0.2, 0) is 11.3 Å². The van der Waals surface area contributed by atoms with Gasteiger partial charge >= 0.3 is 6.03 Å². The lowest BCUT2D eigenvalue weighted by atomic mass is 10.0. The van der Waals surface area contributed by atoms with Crippen molar-refractivity contribution in [3.05, 3.63) is 42.1 Å². The zero-order valence-corrected chi connectivity index (χ0v) is 12.0. The standard InChI is InChI=1S/C16H17N3O2/c1-10(2)13-15(20)19(16(21)18-13)9-12-6-3-5-11-7-4-8-17-14(11)12/h3-8,10,13H,9H2,1-2H3,(H,18,21). The Bertz CT molecular complexity index is 706. The fraction of sp³-hybridized carbons (Fsp3) is 0.312. The third-order valence-electron chi connectivity index (χ3n) is 3.77. The van der Waals surface area contributed by atoms with E-state index in [1.807, 2.05) is 44.2 Å². The van der Waals surface area contributed by atoms with Crippen LogP contribution in [0.2, 0.25) is 0 Å². The van der Waals surface area contributed by atoms with Gasteiger partial charge in [0.25, 0.3) is 5.91 Å². The second-order valence-electron chi connectivity index (χ2n) is 5.59. The largest absolute Gasteiger partial charge is 0.326 e. The first-order valence-electron chi connectivity index (χ1n) is 7.02. The van der Waals surface area contributed by atoms with E-state index in [9.17, 15) is 9.59 Å². The van der Waals surface area contributed by atoms with Crippen molar-refractivity contribution in [1.82, 2.24) is 15.2 Å². The molecule has 1 atom stereocenters. The molecule has 1 aromatic carbocycles. The molecule has 1 unspecified atom stereocenters. The number of carbonyl (C=O) groups excluding carboxylic acids is 2. The van der Waals surface area contributed by atoms with E-state index in [0.717, 1.165) is 16.5 Å². The molecule has 5 nitrogen and oxygen atoms in total. The maximum Gasteiger partial charge on any atom is 0.325 e. The van der Waals surface area contributed by atoms with Crippen molar-refractivity contribution in [3.63, 3.8) is 0 Å². The molecular weight excluding hydrogens is 266 g/mol. The lowest BCUT2D eigenvalue weighted by Crippen LogP contribution is -2.34. The van der Waals surface area contributed by atoms with Crippen LogP contribution in [0.3, 0.4) is 0 Å². The summed E-state index contributed by atoms with van der Waals surface area (Å²) >= 11 is 0. The van der Waals surface area contributed by atoms with Gasteiger partial charge in [0.05, 0.1) is 12.1 Å². The third-order valence-corrected chi connectivity index (χ3v) is 3.77. The summed E-state index contributed by atoms with van der Waals surface area (Å²) in [4.78, 5) is 30.0. The summed E-state index contributed by atoms with van der Waals surface area (Å²) in [6, 6.07) is 8.86.